The summed E-state index contributed by atoms with van der Waals surface area (Å²) in [4.78, 5) is 58.1. The maximum absolute atomic E-state index is 12.6. The van der Waals surface area contributed by atoms with Crippen LogP contribution in [0.2, 0.25) is 0 Å². The van der Waals surface area contributed by atoms with E-state index in [0.717, 1.165) is 12.8 Å². The molecule has 3 fully saturated rings. The summed E-state index contributed by atoms with van der Waals surface area (Å²) in [5.74, 6) is -0.467. The van der Waals surface area contributed by atoms with E-state index >= 15 is 0 Å². The van der Waals surface area contributed by atoms with Crippen LogP contribution in [0.15, 0.2) is 0 Å². The Morgan fingerprint density at radius 3 is 2.48 bits per heavy atom. The van der Waals surface area contributed by atoms with E-state index in [1.165, 1.54) is 9.96 Å². The molecule has 33 heavy (non-hydrogen) atoms. The lowest BCUT2D eigenvalue weighted by Crippen LogP contribution is -2.54. The first-order chi connectivity index (χ1) is 15.6. The largest absolute Gasteiger partial charge is 0.444 e. The average molecular weight is 468 g/mol. The second-order valence-corrected chi connectivity index (χ2v) is 10.0. The molecule has 3 rings (SSSR count). The zero-order valence-electron chi connectivity index (χ0n) is 20.1. The van der Waals surface area contributed by atoms with Crippen LogP contribution in [0.1, 0.15) is 66.2 Å². The minimum atomic E-state index is -0.622. The lowest BCUT2D eigenvalue weighted by molar-refractivity contribution is -0.132. The number of ether oxygens (including phenoxy) is 1. The first-order valence-corrected chi connectivity index (χ1v) is 11.9. The molecule has 3 aliphatic rings. The molecule has 5 amide bonds. The van der Waals surface area contributed by atoms with Gasteiger partial charge in [-0.1, -0.05) is 13.3 Å². The highest BCUT2D eigenvalue weighted by molar-refractivity contribution is 5.90. The van der Waals surface area contributed by atoms with Crippen molar-refractivity contribution in [3.05, 3.63) is 0 Å². The molecule has 2 bridgehead atoms. The highest BCUT2D eigenvalue weighted by atomic mass is 16.7. The van der Waals surface area contributed by atoms with Crippen LogP contribution in [0.25, 0.3) is 0 Å². The summed E-state index contributed by atoms with van der Waals surface area (Å²) in [5.41, 5.74) is 4.38. The Morgan fingerprint density at radius 1 is 1.09 bits per heavy atom. The van der Waals surface area contributed by atoms with Crippen LogP contribution in [-0.2, 0) is 19.2 Å². The van der Waals surface area contributed by atoms with Crippen molar-refractivity contribution in [2.45, 2.75) is 83.9 Å². The number of urea groups is 1. The van der Waals surface area contributed by atoms with Crippen LogP contribution in [-0.4, -0.2) is 82.7 Å². The minimum Gasteiger partial charge on any atom is -0.444 e. The van der Waals surface area contributed by atoms with Gasteiger partial charge < -0.3 is 14.5 Å². The molecule has 11 heteroatoms. The Balaban J connectivity index is 1.34. The first kappa shape index (κ1) is 25.1. The standard InChI is InChI=1S/C22H37N5O6/c1-5-6-11-32-27-16-8-9-17(26(14-16)20(27)30)19(29)24-23-18(28)10-7-15-12-25(13-15)21(31)33-22(2,3)4/h15-17H,5-14H2,1-4H3,(H,23,28)(H,24,29)/t16-,17-/m0/s1. The smallest absolute Gasteiger partial charge is 0.410 e. The van der Waals surface area contributed by atoms with Crippen LogP contribution in [0.3, 0.4) is 0 Å². The van der Waals surface area contributed by atoms with Crippen molar-refractivity contribution < 1.29 is 28.8 Å². The van der Waals surface area contributed by atoms with E-state index in [1.807, 2.05) is 20.8 Å². The van der Waals surface area contributed by atoms with E-state index < -0.39 is 17.6 Å². The Bertz CT molecular complexity index is 748. The molecule has 0 radical (unpaired) electrons. The number of hydroxylamine groups is 2. The van der Waals surface area contributed by atoms with E-state index in [0.29, 0.717) is 45.5 Å². The van der Waals surface area contributed by atoms with Gasteiger partial charge >= 0.3 is 12.1 Å². The molecule has 0 aromatic heterocycles. The van der Waals surface area contributed by atoms with Gasteiger partial charge in [0, 0.05) is 26.1 Å². The SMILES string of the molecule is CCCCON1C(=O)N2C[C@@H]1CC[C@H]2C(=O)NNC(=O)CCC1CN(C(=O)OC(C)(C)C)C1. The van der Waals surface area contributed by atoms with Crippen LogP contribution >= 0.6 is 0 Å². The summed E-state index contributed by atoms with van der Waals surface area (Å²) >= 11 is 0. The molecule has 0 spiro atoms. The number of nitrogens with zero attached hydrogens (tertiary/aromatic N) is 3. The number of rotatable bonds is 8. The van der Waals surface area contributed by atoms with Crippen molar-refractivity contribution in [1.29, 1.82) is 0 Å². The van der Waals surface area contributed by atoms with Gasteiger partial charge in [-0.2, -0.15) is 5.06 Å². The monoisotopic (exact) mass is 467 g/mol. The molecular formula is C22H37N5O6. The Morgan fingerprint density at radius 2 is 1.82 bits per heavy atom. The van der Waals surface area contributed by atoms with E-state index in [9.17, 15) is 19.2 Å². The van der Waals surface area contributed by atoms with E-state index in [-0.39, 0.29) is 36.4 Å². The second kappa shape index (κ2) is 10.6. The predicted molar refractivity (Wildman–Crippen MR) is 118 cm³/mol. The summed E-state index contributed by atoms with van der Waals surface area (Å²) in [5, 5.41) is 1.40. The minimum absolute atomic E-state index is 0.0317. The highest BCUT2D eigenvalue weighted by Gasteiger charge is 2.48. The molecule has 0 saturated carbocycles. The third kappa shape index (κ3) is 6.49. The average Bonchev–Trinajstić information content (AvgIpc) is 2.94. The van der Waals surface area contributed by atoms with Crippen molar-refractivity contribution in [3.63, 3.8) is 0 Å². The number of piperidine rings is 1. The topological polar surface area (TPSA) is 121 Å². The Labute approximate surface area is 195 Å². The molecule has 0 unspecified atom stereocenters. The lowest BCUT2D eigenvalue weighted by Gasteiger charge is -2.39. The maximum Gasteiger partial charge on any atom is 0.410 e. The van der Waals surface area contributed by atoms with Crippen LogP contribution in [0, 0.1) is 5.92 Å². The van der Waals surface area contributed by atoms with Crippen LogP contribution in [0.4, 0.5) is 9.59 Å². The van der Waals surface area contributed by atoms with Gasteiger partial charge in [-0.15, -0.1) is 0 Å². The molecule has 3 heterocycles. The van der Waals surface area contributed by atoms with E-state index in [1.54, 1.807) is 4.90 Å². The zero-order chi connectivity index (χ0) is 24.2. The van der Waals surface area contributed by atoms with Crippen molar-refractivity contribution >= 4 is 23.9 Å². The fraction of sp³-hybridized carbons (Fsp3) is 0.818. The third-order valence-electron chi connectivity index (χ3n) is 6.07. The van der Waals surface area contributed by atoms with E-state index in [2.05, 4.69) is 17.8 Å². The third-order valence-corrected chi connectivity index (χ3v) is 6.07. The summed E-state index contributed by atoms with van der Waals surface area (Å²) in [6.45, 7) is 9.58. The molecule has 0 aromatic rings. The van der Waals surface area contributed by atoms with Gasteiger partial charge in [0.15, 0.2) is 0 Å². The maximum atomic E-state index is 12.6. The normalized spacial score (nSPS) is 22.8. The number of carbonyl (C=O) groups excluding carboxylic acids is 4. The predicted octanol–water partition coefficient (Wildman–Crippen LogP) is 1.78. The van der Waals surface area contributed by atoms with Gasteiger partial charge in [-0.3, -0.25) is 25.3 Å². The number of hydrogen-bond donors (Lipinski definition) is 2. The molecule has 11 nitrogen and oxygen atoms in total. The van der Waals surface area contributed by atoms with E-state index in [4.69, 9.17) is 9.57 Å². The molecule has 2 atom stereocenters. The molecule has 3 saturated heterocycles. The number of amides is 5. The Kier molecular flexibility index (Phi) is 8.04. The number of hydrazine groups is 1. The van der Waals surface area contributed by atoms with Gasteiger partial charge in [0.1, 0.15) is 11.6 Å². The number of fused-ring (bicyclic) bond motifs is 2. The Hall–Kier alpha value is -2.56. The van der Waals surface area contributed by atoms with Gasteiger partial charge in [0.2, 0.25) is 5.91 Å². The van der Waals surface area contributed by atoms with Gasteiger partial charge in [-0.05, 0) is 52.4 Å². The molecular weight excluding hydrogens is 430 g/mol. The van der Waals surface area contributed by atoms with Gasteiger partial charge in [0.05, 0.1) is 12.6 Å². The van der Waals surface area contributed by atoms with Crippen molar-refractivity contribution in [2.24, 2.45) is 5.92 Å². The lowest BCUT2D eigenvalue weighted by atomic mass is 9.95. The summed E-state index contributed by atoms with van der Waals surface area (Å²) < 4.78 is 5.32. The summed E-state index contributed by atoms with van der Waals surface area (Å²) in [7, 11) is 0. The quantitative estimate of drug-likeness (QED) is 0.415. The molecule has 0 aliphatic carbocycles. The van der Waals surface area contributed by atoms with Crippen molar-refractivity contribution in [3.8, 4) is 0 Å². The fourth-order valence-corrected chi connectivity index (χ4v) is 4.22. The highest BCUT2D eigenvalue weighted by Crippen LogP contribution is 2.30. The number of carbonyl (C=O) groups is 4. The molecule has 0 aromatic carbocycles. The van der Waals surface area contributed by atoms with Crippen LogP contribution in [0.5, 0.6) is 0 Å². The van der Waals surface area contributed by atoms with Crippen LogP contribution < -0.4 is 10.9 Å². The first-order valence-electron chi connectivity index (χ1n) is 11.9. The second-order valence-electron chi connectivity index (χ2n) is 10.0. The van der Waals surface area contributed by atoms with Gasteiger partial charge in [0.25, 0.3) is 5.91 Å². The summed E-state index contributed by atoms with van der Waals surface area (Å²) in [6.07, 6.45) is 3.55. The van der Waals surface area contributed by atoms with Crippen molar-refractivity contribution in [1.82, 2.24) is 25.7 Å². The summed E-state index contributed by atoms with van der Waals surface area (Å²) in [6, 6.07) is -0.946. The molecule has 3 aliphatic heterocycles. The number of nitrogens with one attached hydrogen (secondary N) is 2. The molecule has 2 N–H and O–H groups in total. The fourth-order valence-electron chi connectivity index (χ4n) is 4.22. The number of hydrogen-bond acceptors (Lipinski definition) is 6. The number of likely N-dealkylation sites (tertiary alicyclic amines) is 1. The van der Waals surface area contributed by atoms with Gasteiger partial charge in [-0.25, -0.2) is 9.59 Å². The molecule has 186 valence electrons. The number of unbranched alkanes of at least 4 members (excludes halogenated alkanes) is 1. The van der Waals surface area contributed by atoms with Crippen molar-refractivity contribution in [2.75, 3.05) is 26.2 Å². The zero-order valence-corrected chi connectivity index (χ0v) is 20.1.